The topological polar surface area (TPSA) is 70.0 Å². The molecule has 2 aromatic carbocycles. The summed E-state index contributed by atoms with van der Waals surface area (Å²) in [6, 6.07) is 15.0. The normalized spacial score (nSPS) is 13.7. The van der Waals surface area contributed by atoms with Crippen molar-refractivity contribution in [1.82, 2.24) is 15.1 Å². The Labute approximate surface area is 156 Å². The second kappa shape index (κ2) is 8.51. The summed E-state index contributed by atoms with van der Waals surface area (Å²) >= 11 is 0. The van der Waals surface area contributed by atoms with E-state index < -0.39 is 6.10 Å². The lowest BCUT2D eigenvalue weighted by Gasteiger charge is -2.10. The predicted octanol–water partition coefficient (Wildman–Crippen LogP) is 1.56. The van der Waals surface area contributed by atoms with Gasteiger partial charge in [-0.3, -0.25) is 9.89 Å². The van der Waals surface area contributed by atoms with Gasteiger partial charge in [0.2, 0.25) is 0 Å². The van der Waals surface area contributed by atoms with E-state index in [1.807, 2.05) is 43.3 Å². The molecule has 27 heavy (non-hydrogen) atoms. The van der Waals surface area contributed by atoms with Gasteiger partial charge in [-0.25, -0.2) is 9.07 Å². The van der Waals surface area contributed by atoms with Crippen LogP contribution in [-0.2, 0) is 0 Å². The number of H-pyrrole nitrogens is 1. The second-order valence-electron chi connectivity index (χ2n) is 6.15. The largest absolute Gasteiger partial charge is 0.387 e. The molecule has 1 unspecified atom stereocenters. The summed E-state index contributed by atoms with van der Waals surface area (Å²) in [4.78, 5) is 12.8. The number of aromatic amines is 1. The van der Waals surface area contributed by atoms with Crippen LogP contribution in [0.25, 0.3) is 18.0 Å². The molecule has 0 spiro atoms. The molecule has 0 aliphatic heterocycles. The molecule has 3 aromatic rings. The Morgan fingerprint density at radius 1 is 1.19 bits per heavy atom. The summed E-state index contributed by atoms with van der Waals surface area (Å²) in [7, 11) is 0. The van der Waals surface area contributed by atoms with Gasteiger partial charge in [0.15, 0.2) is 0 Å². The number of aliphatic hydroxyl groups excluding tert-OH is 1. The van der Waals surface area contributed by atoms with Crippen LogP contribution in [0.5, 0.6) is 0 Å². The van der Waals surface area contributed by atoms with E-state index >= 15 is 0 Å². The lowest BCUT2D eigenvalue weighted by molar-refractivity contribution is 0.181. The Morgan fingerprint density at radius 2 is 1.89 bits per heavy atom. The van der Waals surface area contributed by atoms with Crippen LogP contribution in [0.4, 0.5) is 4.39 Å². The minimum absolute atomic E-state index is 0.247. The SMILES string of the molecule is CCC=c1[nH]n(-c2ccc(F)cc2)c(=O)c1=CNCC(O)c1ccccc1. The minimum Gasteiger partial charge on any atom is -0.387 e. The average Bonchev–Trinajstić information content (AvgIpc) is 2.99. The molecule has 0 saturated carbocycles. The molecule has 1 atom stereocenters. The van der Waals surface area contributed by atoms with Crippen molar-refractivity contribution in [2.45, 2.75) is 19.4 Å². The number of aliphatic hydroxyl groups is 1. The van der Waals surface area contributed by atoms with Crippen LogP contribution in [-0.4, -0.2) is 21.4 Å². The molecular weight excluding hydrogens is 345 g/mol. The van der Waals surface area contributed by atoms with Gasteiger partial charge in [0.1, 0.15) is 5.82 Å². The van der Waals surface area contributed by atoms with Crippen molar-refractivity contribution < 1.29 is 9.50 Å². The maximum atomic E-state index is 13.1. The Hall–Kier alpha value is -3.12. The third-order valence-corrected chi connectivity index (χ3v) is 4.19. The van der Waals surface area contributed by atoms with Gasteiger partial charge in [0.25, 0.3) is 5.56 Å². The first-order valence-corrected chi connectivity index (χ1v) is 8.84. The van der Waals surface area contributed by atoms with E-state index in [0.29, 0.717) is 16.3 Å². The quantitative estimate of drug-likeness (QED) is 0.619. The van der Waals surface area contributed by atoms with E-state index in [2.05, 4.69) is 10.4 Å². The van der Waals surface area contributed by atoms with Crippen LogP contribution >= 0.6 is 0 Å². The standard InChI is InChI=1S/C21H22FN3O2/c1-2-6-19-18(13-23-14-20(26)15-7-4-3-5-8-15)21(27)25(24-19)17-11-9-16(22)10-12-17/h3-13,20,23-24,26H,2,14H2,1H3. The number of aromatic nitrogens is 2. The molecule has 3 N–H and O–H groups in total. The second-order valence-corrected chi connectivity index (χ2v) is 6.15. The van der Waals surface area contributed by atoms with Crippen molar-refractivity contribution in [1.29, 1.82) is 0 Å². The fourth-order valence-corrected chi connectivity index (χ4v) is 2.80. The molecule has 3 rings (SSSR count). The fraction of sp³-hybridized carbons (Fsp3) is 0.190. The van der Waals surface area contributed by atoms with E-state index in [9.17, 15) is 14.3 Å². The van der Waals surface area contributed by atoms with Gasteiger partial charge >= 0.3 is 0 Å². The highest BCUT2D eigenvalue weighted by atomic mass is 19.1. The number of rotatable bonds is 6. The summed E-state index contributed by atoms with van der Waals surface area (Å²) in [5.41, 5.74) is 1.11. The van der Waals surface area contributed by atoms with Gasteiger partial charge in [0.05, 0.1) is 22.4 Å². The molecule has 1 heterocycles. The molecule has 0 amide bonds. The predicted molar refractivity (Wildman–Crippen MR) is 104 cm³/mol. The zero-order chi connectivity index (χ0) is 19.2. The fourth-order valence-electron chi connectivity index (χ4n) is 2.80. The Kier molecular flexibility index (Phi) is 5.88. The Morgan fingerprint density at radius 3 is 2.56 bits per heavy atom. The molecular formula is C21H22FN3O2. The van der Waals surface area contributed by atoms with Crippen LogP contribution < -0.4 is 21.4 Å². The van der Waals surface area contributed by atoms with Crippen molar-refractivity contribution in [2.75, 3.05) is 6.54 Å². The van der Waals surface area contributed by atoms with Crippen LogP contribution in [0, 0.1) is 5.82 Å². The summed E-state index contributed by atoms with van der Waals surface area (Å²) in [5, 5.41) is 17.4. The number of nitrogens with one attached hydrogen (secondary N) is 2. The molecule has 0 aliphatic rings. The summed E-state index contributed by atoms with van der Waals surface area (Å²) < 4.78 is 14.5. The minimum atomic E-state index is -0.681. The molecule has 1 aromatic heterocycles. The first kappa shape index (κ1) is 18.7. The Balaban J connectivity index is 1.90. The van der Waals surface area contributed by atoms with E-state index in [1.165, 1.54) is 16.8 Å². The summed E-state index contributed by atoms with van der Waals surface area (Å²) in [6.45, 7) is 2.25. The number of benzene rings is 2. The maximum Gasteiger partial charge on any atom is 0.280 e. The highest BCUT2D eigenvalue weighted by molar-refractivity contribution is 5.34. The Bertz CT molecular complexity index is 1050. The highest BCUT2D eigenvalue weighted by Crippen LogP contribution is 2.10. The lowest BCUT2D eigenvalue weighted by Crippen LogP contribution is -2.37. The van der Waals surface area contributed by atoms with Crippen molar-refractivity contribution >= 4 is 12.3 Å². The third kappa shape index (κ3) is 4.35. The number of hydrogen-bond acceptors (Lipinski definition) is 3. The monoisotopic (exact) mass is 367 g/mol. The van der Waals surface area contributed by atoms with Crippen molar-refractivity contribution in [3.63, 3.8) is 0 Å². The number of nitrogens with zero attached hydrogens (tertiary/aromatic N) is 1. The highest BCUT2D eigenvalue weighted by Gasteiger charge is 2.07. The van der Waals surface area contributed by atoms with Gasteiger partial charge in [-0.15, -0.1) is 0 Å². The molecule has 0 aliphatic carbocycles. The summed E-state index contributed by atoms with van der Waals surface area (Å²) in [5.74, 6) is -0.359. The lowest BCUT2D eigenvalue weighted by atomic mass is 10.1. The van der Waals surface area contributed by atoms with Crippen molar-refractivity contribution in [3.05, 3.63) is 86.9 Å². The van der Waals surface area contributed by atoms with Gasteiger partial charge < -0.3 is 10.4 Å². The first-order valence-electron chi connectivity index (χ1n) is 8.84. The zero-order valence-electron chi connectivity index (χ0n) is 15.0. The molecule has 6 heteroatoms. The number of hydrogen-bond donors (Lipinski definition) is 3. The van der Waals surface area contributed by atoms with Gasteiger partial charge in [-0.1, -0.05) is 43.3 Å². The van der Waals surface area contributed by atoms with Gasteiger partial charge in [-0.05, 0) is 36.2 Å². The maximum absolute atomic E-state index is 13.1. The van der Waals surface area contributed by atoms with E-state index in [1.54, 1.807) is 18.3 Å². The van der Waals surface area contributed by atoms with E-state index in [-0.39, 0.29) is 17.9 Å². The molecule has 140 valence electrons. The van der Waals surface area contributed by atoms with E-state index in [4.69, 9.17) is 0 Å². The van der Waals surface area contributed by atoms with Gasteiger partial charge in [0, 0.05) is 12.7 Å². The number of halogens is 1. The van der Waals surface area contributed by atoms with Crippen LogP contribution in [0.2, 0.25) is 0 Å². The van der Waals surface area contributed by atoms with Crippen molar-refractivity contribution in [2.24, 2.45) is 0 Å². The average molecular weight is 367 g/mol. The van der Waals surface area contributed by atoms with Crippen molar-refractivity contribution in [3.8, 4) is 5.69 Å². The molecule has 0 radical (unpaired) electrons. The van der Waals surface area contributed by atoms with E-state index in [0.717, 1.165) is 12.0 Å². The smallest absolute Gasteiger partial charge is 0.280 e. The van der Waals surface area contributed by atoms with Crippen LogP contribution in [0.15, 0.2) is 59.4 Å². The van der Waals surface area contributed by atoms with Crippen LogP contribution in [0.3, 0.4) is 0 Å². The summed E-state index contributed by atoms with van der Waals surface area (Å²) in [6.07, 6.45) is 3.57. The molecule has 0 fully saturated rings. The van der Waals surface area contributed by atoms with Gasteiger partial charge in [-0.2, -0.15) is 0 Å². The van der Waals surface area contributed by atoms with Crippen LogP contribution in [0.1, 0.15) is 25.0 Å². The first-order chi connectivity index (χ1) is 13.1. The molecule has 5 nitrogen and oxygen atoms in total. The zero-order valence-corrected chi connectivity index (χ0v) is 15.0. The molecule has 0 bridgehead atoms. The third-order valence-electron chi connectivity index (χ3n) is 4.19. The molecule has 0 saturated heterocycles.